The van der Waals surface area contributed by atoms with Crippen LogP contribution in [-0.4, -0.2) is 59.5 Å². The van der Waals surface area contributed by atoms with Crippen LogP contribution < -0.4 is 15.4 Å². The zero-order chi connectivity index (χ0) is 19.7. The Hall–Kier alpha value is -3.23. The van der Waals surface area contributed by atoms with Crippen LogP contribution in [0.3, 0.4) is 0 Å². The summed E-state index contributed by atoms with van der Waals surface area (Å²) in [5, 5.41) is 14.6. The van der Waals surface area contributed by atoms with Crippen LogP contribution in [0, 0.1) is 0 Å². The molecule has 1 saturated heterocycles. The number of anilines is 3. The lowest BCUT2D eigenvalue weighted by atomic mass is 10.3. The number of nitrogens with zero attached hydrogens (tertiary/aromatic N) is 4. The van der Waals surface area contributed by atoms with Crippen LogP contribution in [0.15, 0.2) is 60.8 Å². The first-order chi connectivity index (χ1) is 14.4. The van der Waals surface area contributed by atoms with E-state index in [9.17, 15) is 0 Å². The van der Waals surface area contributed by atoms with Gasteiger partial charge in [-0.25, -0.2) is 0 Å². The summed E-state index contributed by atoms with van der Waals surface area (Å²) in [6.07, 6.45) is 1.62. The lowest BCUT2D eigenvalue weighted by Gasteiger charge is -2.26. The van der Waals surface area contributed by atoms with Gasteiger partial charge in [-0.15, -0.1) is 5.10 Å². The van der Waals surface area contributed by atoms with Gasteiger partial charge in [0.2, 0.25) is 5.95 Å². The molecule has 1 fully saturated rings. The fourth-order valence-corrected chi connectivity index (χ4v) is 3.00. The molecule has 1 aliphatic heterocycles. The van der Waals surface area contributed by atoms with Gasteiger partial charge in [0, 0.05) is 26.2 Å². The molecule has 8 heteroatoms. The molecule has 2 aromatic carbocycles. The minimum atomic E-state index is 0.408. The van der Waals surface area contributed by atoms with Crippen LogP contribution in [0.25, 0.3) is 0 Å². The molecule has 3 aromatic rings. The molecular weight excluding hydrogens is 368 g/mol. The molecule has 0 saturated carbocycles. The molecule has 0 aliphatic carbocycles. The van der Waals surface area contributed by atoms with Crippen LogP contribution in [0.1, 0.15) is 0 Å². The van der Waals surface area contributed by atoms with Gasteiger partial charge in [-0.2, -0.15) is 10.1 Å². The second-order valence-electron chi connectivity index (χ2n) is 6.58. The third-order valence-corrected chi connectivity index (χ3v) is 4.50. The van der Waals surface area contributed by atoms with Gasteiger partial charge in [0.15, 0.2) is 11.6 Å². The van der Waals surface area contributed by atoms with Gasteiger partial charge in [-0.1, -0.05) is 30.3 Å². The molecule has 0 atom stereocenters. The molecule has 0 spiro atoms. The molecule has 1 aliphatic rings. The van der Waals surface area contributed by atoms with Crippen LogP contribution in [-0.2, 0) is 4.74 Å². The molecule has 2 heterocycles. The van der Waals surface area contributed by atoms with E-state index >= 15 is 0 Å². The summed E-state index contributed by atoms with van der Waals surface area (Å²) in [6.45, 7) is 5.25. The van der Waals surface area contributed by atoms with E-state index in [1.807, 2.05) is 54.6 Å². The van der Waals surface area contributed by atoms with E-state index in [1.165, 1.54) is 0 Å². The largest absolute Gasteiger partial charge is 0.455 e. The Labute approximate surface area is 169 Å². The predicted molar refractivity (Wildman–Crippen MR) is 112 cm³/mol. The molecular formula is C21H24N6O2. The van der Waals surface area contributed by atoms with Crippen molar-refractivity contribution in [3.05, 3.63) is 60.8 Å². The van der Waals surface area contributed by atoms with Crippen molar-refractivity contribution < 1.29 is 9.47 Å². The van der Waals surface area contributed by atoms with Gasteiger partial charge in [0.25, 0.3) is 0 Å². The van der Waals surface area contributed by atoms with E-state index in [-0.39, 0.29) is 0 Å². The smallest absolute Gasteiger partial charge is 0.249 e. The van der Waals surface area contributed by atoms with Crippen molar-refractivity contribution in [1.82, 2.24) is 20.1 Å². The lowest BCUT2D eigenvalue weighted by Crippen LogP contribution is -2.39. The summed E-state index contributed by atoms with van der Waals surface area (Å²) in [4.78, 5) is 6.87. The summed E-state index contributed by atoms with van der Waals surface area (Å²) >= 11 is 0. The second kappa shape index (κ2) is 9.81. The van der Waals surface area contributed by atoms with Crippen LogP contribution in [0.5, 0.6) is 11.5 Å². The standard InChI is InChI=1S/C21H24N6O2/c1-2-6-17(7-3-1)29-19-9-5-4-8-18(19)24-21-25-20(16-23-26-21)22-10-11-27-12-14-28-15-13-27/h1-9,16H,10-15H2,(H2,22,24,25,26). The number of hydrogen-bond acceptors (Lipinski definition) is 8. The Morgan fingerprint density at radius 3 is 2.66 bits per heavy atom. The molecule has 150 valence electrons. The van der Waals surface area contributed by atoms with Crippen molar-refractivity contribution in [3.63, 3.8) is 0 Å². The van der Waals surface area contributed by atoms with E-state index in [0.29, 0.717) is 17.5 Å². The van der Waals surface area contributed by atoms with Crippen LogP contribution in [0.4, 0.5) is 17.5 Å². The van der Waals surface area contributed by atoms with E-state index in [0.717, 1.165) is 50.8 Å². The molecule has 29 heavy (non-hydrogen) atoms. The number of benzene rings is 2. The monoisotopic (exact) mass is 392 g/mol. The van der Waals surface area contributed by atoms with Gasteiger partial charge >= 0.3 is 0 Å². The van der Waals surface area contributed by atoms with E-state index < -0.39 is 0 Å². The van der Waals surface area contributed by atoms with Gasteiger partial charge in [-0.3, -0.25) is 4.90 Å². The predicted octanol–water partition coefficient (Wildman–Crippen LogP) is 3.15. The summed E-state index contributed by atoms with van der Waals surface area (Å²) < 4.78 is 11.3. The molecule has 8 nitrogen and oxygen atoms in total. The Morgan fingerprint density at radius 2 is 1.79 bits per heavy atom. The normalized spacial score (nSPS) is 14.3. The quantitative estimate of drug-likeness (QED) is 0.605. The Bertz CT molecular complexity index is 902. The summed E-state index contributed by atoms with van der Waals surface area (Å²) in [5.41, 5.74) is 0.767. The summed E-state index contributed by atoms with van der Waals surface area (Å²) in [7, 11) is 0. The molecule has 1 aromatic heterocycles. The highest BCUT2D eigenvalue weighted by atomic mass is 16.5. The number of hydrogen-bond donors (Lipinski definition) is 2. The van der Waals surface area contributed by atoms with Crippen molar-refractivity contribution in [2.75, 3.05) is 50.0 Å². The average molecular weight is 392 g/mol. The van der Waals surface area contributed by atoms with Crippen molar-refractivity contribution >= 4 is 17.5 Å². The number of para-hydroxylation sites is 3. The molecule has 0 unspecified atom stereocenters. The molecule has 0 bridgehead atoms. The number of ether oxygens (including phenoxy) is 2. The van der Waals surface area contributed by atoms with Gasteiger partial charge in [0.05, 0.1) is 25.1 Å². The minimum absolute atomic E-state index is 0.408. The van der Waals surface area contributed by atoms with Crippen LogP contribution in [0.2, 0.25) is 0 Å². The number of rotatable bonds is 8. The number of nitrogens with one attached hydrogen (secondary N) is 2. The Morgan fingerprint density at radius 1 is 1.00 bits per heavy atom. The van der Waals surface area contributed by atoms with E-state index in [4.69, 9.17) is 9.47 Å². The zero-order valence-electron chi connectivity index (χ0n) is 16.1. The number of aromatic nitrogens is 3. The molecule has 0 radical (unpaired) electrons. The van der Waals surface area contributed by atoms with Crippen molar-refractivity contribution in [2.24, 2.45) is 0 Å². The van der Waals surface area contributed by atoms with Gasteiger partial charge in [-0.05, 0) is 24.3 Å². The summed E-state index contributed by atoms with van der Waals surface area (Å²) in [5.74, 6) is 2.54. The van der Waals surface area contributed by atoms with E-state index in [2.05, 4.69) is 30.7 Å². The van der Waals surface area contributed by atoms with Crippen LogP contribution >= 0.6 is 0 Å². The minimum Gasteiger partial charge on any atom is -0.455 e. The van der Waals surface area contributed by atoms with Crippen molar-refractivity contribution in [2.45, 2.75) is 0 Å². The molecule has 2 N–H and O–H groups in total. The Balaban J connectivity index is 1.38. The highest BCUT2D eigenvalue weighted by molar-refractivity contribution is 5.63. The average Bonchev–Trinajstić information content (AvgIpc) is 2.77. The topological polar surface area (TPSA) is 84.4 Å². The SMILES string of the molecule is c1ccc(Oc2ccccc2Nc2nncc(NCCN3CCOCC3)n2)cc1. The molecule has 4 rings (SSSR count). The number of morpholine rings is 1. The fraction of sp³-hybridized carbons (Fsp3) is 0.286. The zero-order valence-corrected chi connectivity index (χ0v) is 16.1. The third-order valence-electron chi connectivity index (χ3n) is 4.50. The van der Waals surface area contributed by atoms with Gasteiger partial charge in [0.1, 0.15) is 5.75 Å². The van der Waals surface area contributed by atoms with Crippen molar-refractivity contribution in [1.29, 1.82) is 0 Å². The fourth-order valence-electron chi connectivity index (χ4n) is 3.00. The Kier molecular flexibility index (Phi) is 6.46. The maximum Gasteiger partial charge on any atom is 0.249 e. The maximum absolute atomic E-state index is 5.97. The van der Waals surface area contributed by atoms with Crippen molar-refractivity contribution in [3.8, 4) is 11.5 Å². The van der Waals surface area contributed by atoms with E-state index in [1.54, 1.807) is 6.20 Å². The van der Waals surface area contributed by atoms with Gasteiger partial charge < -0.3 is 20.1 Å². The first-order valence-corrected chi connectivity index (χ1v) is 9.69. The second-order valence-corrected chi connectivity index (χ2v) is 6.58. The lowest BCUT2D eigenvalue weighted by molar-refractivity contribution is 0.0398. The first-order valence-electron chi connectivity index (χ1n) is 9.69. The third kappa shape index (κ3) is 5.63. The summed E-state index contributed by atoms with van der Waals surface area (Å²) in [6, 6.07) is 17.3. The molecule has 0 amide bonds. The first kappa shape index (κ1) is 19.1. The highest BCUT2D eigenvalue weighted by Gasteiger charge is 2.10. The maximum atomic E-state index is 5.97. The highest BCUT2D eigenvalue weighted by Crippen LogP contribution is 2.30.